The maximum absolute atomic E-state index is 12.7. The summed E-state index contributed by atoms with van der Waals surface area (Å²) in [6.45, 7) is 0. The number of rotatable bonds is 4. The van der Waals surface area contributed by atoms with Gasteiger partial charge in [-0.2, -0.15) is 0 Å². The number of anilines is 1. The molecule has 1 heterocycles. The lowest BCUT2D eigenvalue weighted by Crippen LogP contribution is -2.54. The largest absolute Gasteiger partial charge is 0.335 e. The molecule has 1 aliphatic heterocycles. The van der Waals surface area contributed by atoms with E-state index in [0.29, 0.717) is 4.90 Å². The fraction of sp³-hybridized carbons (Fsp3) is 0. The Hall–Kier alpha value is -4.41. The molecule has 1 fully saturated rings. The zero-order chi connectivity index (χ0) is 20.4. The highest BCUT2D eigenvalue weighted by atomic mass is 16.6. The highest BCUT2D eigenvalue weighted by molar-refractivity contribution is 6.39. The van der Waals surface area contributed by atoms with Crippen molar-refractivity contribution in [3.8, 4) is 0 Å². The lowest BCUT2D eigenvalue weighted by Gasteiger charge is -2.26. The third kappa shape index (κ3) is 3.44. The van der Waals surface area contributed by atoms with Gasteiger partial charge in [-0.15, -0.1) is 0 Å². The van der Waals surface area contributed by atoms with E-state index in [9.17, 15) is 34.6 Å². The number of urea groups is 1. The first-order valence-corrected chi connectivity index (χ1v) is 7.68. The van der Waals surface area contributed by atoms with Crippen molar-refractivity contribution in [3.63, 3.8) is 0 Å². The predicted octanol–water partition coefficient (Wildman–Crippen LogP) is 2.17. The van der Waals surface area contributed by atoms with E-state index in [2.05, 4.69) is 0 Å². The third-order valence-electron chi connectivity index (χ3n) is 3.81. The minimum atomic E-state index is -1.01. The number of carbonyl (C=O) groups is 3. The molecule has 3 rings (SSSR count). The highest BCUT2D eigenvalue weighted by Gasteiger charge is 2.37. The molecule has 2 aromatic carbocycles. The van der Waals surface area contributed by atoms with Crippen LogP contribution >= 0.6 is 0 Å². The van der Waals surface area contributed by atoms with Crippen molar-refractivity contribution in [2.75, 3.05) is 4.90 Å². The fourth-order valence-electron chi connectivity index (χ4n) is 2.51. The van der Waals surface area contributed by atoms with Gasteiger partial charge in [-0.25, -0.2) is 9.69 Å². The van der Waals surface area contributed by atoms with Crippen molar-refractivity contribution in [1.29, 1.82) is 0 Å². The van der Waals surface area contributed by atoms with E-state index in [0.717, 1.165) is 18.2 Å². The van der Waals surface area contributed by atoms with E-state index < -0.39 is 33.3 Å². The second kappa shape index (κ2) is 7.07. The van der Waals surface area contributed by atoms with Crippen LogP contribution in [-0.4, -0.2) is 27.7 Å². The van der Waals surface area contributed by atoms with Gasteiger partial charge < -0.3 is 0 Å². The molecule has 1 aliphatic rings. The minimum Gasteiger partial charge on any atom is -0.273 e. The molecule has 4 amide bonds. The number of imide groups is 2. The number of non-ortho nitro benzene ring substituents is 2. The normalized spacial score (nSPS) is 15.5. The molecule has 1 saturated heterocycles. The Morgan fingerprint density at radius 3 is 2.14 bits per heavy atom. The summed E-state index contributed by atoms with van der Waals surface area (Å²) in [4.78, 5) is 57.9. The van der Waals surface area contributed by atoms with Crippen LogP contribution in [0.15, 0.2) is 54.1 Å². The molecule has 0 saturated carbocycles. The van der Waals surface area contributed by atoms with Gasteiger partial charge >= 0.3 is 6.03 Å². The molecule has 28 heavy (non-hydrogen) atoms. The second-order valence-electron chi connectivity index (χ2n) is 5.58. The van der Waals surface area contributed by atoms with E-state index >= 15 is 0 Å². The molecule has 0 spiro atoms. The number of nitrogens with zero attached hydrogens (tertiary/aromatic N) is 3. The van der Waals surface area contributed by atoms with Crippen LogP contribution in [0.25, 0.3) is 6.08 Å². The van der Waals surface area contributed by atoms with Gasteiger partial charge in [0.25, 0.3) is 23.2 Å². The molecule has 0 bridgehead atoms. The molecule has 0 radical (unpaired) electrons. The quantitative estimate of drug-likeness (QED) is 0.368. The number of nitro groups is 2. The van der Waals surface area contributed by atoms with E-state index in [1.165, 1.54) is 36.4 Å². The lowest BCUT2D eigenvalue weighted by atomic mass is 10.1. The van der Waals surface area contributed by atoms with Crippen molar-refractivity contribution >= 4 is 41.0 Å². The molecule has 0 atom stereocenters. The fourth-order valence-corrected chi connectivity index (χ4v) is 2.51. The van der Waals surface area contributed by atoms with Gasteiger partial charge in [-0.3, -0.25) is 35.1 Å². The number of nitrogens with one attached hydrogen (secondary N) is 1. The van der Waals surface area contributed by atoms with Crippen LogP contribution in [-0.2, 0) is 9.59 Å². The average molecular weight is 382 g/mol. The molecule has 0 unspecified atom stereocenters. The third-order valence-corrected chi connectivity index (χ3v) is 3.81. The van der Waals surface area contributed by atoms with Gasteiger partial charge in [0, 0.05) is 24.3 Å². The van der Waals surface area contributed by atoms with Crippen molar-refractivity contribution in [2.24, 2.45) is 0 Å². The Morgan fingerprint density at radius 2 is 1.54 bits per heavy atom. The molecular weight excluding hydrogens is 372 g/mol. The number of benzene rings is 2. The van der Waals surface area contributed by atoms with Gasteiger partial charge in [0.1, 0.15) is 5.57 Å². The summed E-state index contributed by atoms with van der Waals surface area (Å²) in [5.41, 5.74) is -0.659. The van der Waals surface area contributed by atoms with Crippen LogP contribution in [0.5, 0.6) is 0 Å². The number of hydrogen-bond donors (Lipinski definition) is 1. The zero-order valence-corrected chi connectivity index (χ0v) is 13.9. The van der Waals surface area contributed by atoms with Crippen molar-refractivity contribution < 1.29 is 24.2 Å². The predicted molar refractivity (Wildman–Crippen MR) is 95.2 cm³/mol. The molecular formula is C17H10N4O7. The van der Waals surface area contributed by atoms with Crippen LogP contribution in [0.3, 0.4) is 0 Å². The zero-order valence-electron chi connectivity index (χ0n) is 13.9. The molecule has 2 aromatic rings. The first kappa shape index (κ1) is 18.4. The Labute approximate surface area is 156 Å². The summed E-state index contributed by atoms with van der Waals surface area (Å²) in [6.07, 6.45) is 1.12. The molecule has 11 heteroatoms. The van der Waals surface area contributed by atoms with E-state index in [1.54, 1.807) is 0 Å². The maximum Gasteiger partial charge on any atom is 0.335 e. The molecule has 11 nitrogen and oxygen atoms in total. The smallest absolute Gasteiger partial charge is 0.273 e. The van der Waals surface area contributed by atoms with E-state index in [4.69, 9.17) is 0 Å². The Morgan fingerprint density at radius 1 is 0.893 bits per heavy atom. The van der Waals surface area contributed by atoms with Gasteiger partial charge in [-0.05, 0) is 23.8 Å². The van der Waals surface area contributed by atoms with Crippen molar-refractivity contribution in [2.45, 2.75) is 0 Å². The standard InChI is InChI=1S/C17H10N4O7/c22-15-14(9-10-2-1-3-13(8-10)21(27)28)16(23)19(17(24)18-15)11-4-6-12(7-5-11)20(25)26/h1-9H,(H,18,22,24)/b14-9+. The Balaban J connectivity index is 1.99. The van der Waals surface area contributed by atoms with Crippen molar-refractivity contribution in [1.82, 2.24) is 5.32 Å². The maximum atomic E-state index is 12.7. The number of hydrogen-bond acceptors (Lipinski definition) is 7. The summed E-state index contributed by atoms with van der Waals surface area (Å²) in [7, 11) is 0. The van der Waals surface area contributed by atoms with Crippen LogP contribution in [0.2, 0.25) is 0 Å². The first-order valence-electron chi connectivity index (χ1n) is 7.68. The van der Waals surface area contributed by atoms with Gasteiger partial charge in [-0.1, -0.05) is 12.1 Å². The molecule has 0 aromatic heterocycles. The van der Waals surface area contributed by atoms with Crippen LogP contribution in [0.1, 0.15) is 5.56 Å². The summed E-state index contributed by atoms with van der Waals surface area (Å²) < 4.78 is 0. The van der Waals surface area contributed by atoms with Crippen LogP contribution in [0.4, 0.5) is 21.9 Å². The lowest BCUT2D eigenvalue weighted by molar-refractivity contribution is -0.385. The highest BCUT2D eigenvalue weighted by Crippen LogP contribution is 2.24. The summed E-state index contributed by atoms with van der Waals surface area (Å²) in [5.74, 6) is -1.92. The van der Waals surface area contributed by atoms with Crippen LogP contribution in [0, 0.1) is 20.2 Å². The number of barbiturate groups is 1. The van der Waals surface area contributed by atoms with E-state index in [1.807, 2.05) is 5.32 Å². The topological polar surface area (TPSA) is 153 Å². The van der Waals surface area contributed by atoms with Crippen LogP contribution < -0.4 is 10.2 Å². The van der Waals surface area contributed by atoms with Gasteiger partial charge in [0.2, 0.25) is 0 Å². The van der Waals surface area contributed by atoms with Gasteiger partial charge in [0.05, 0.1) is 15.5 Å². The number of nitro benzene ring substituents is 2. The number of amides is 4. The molecule has 140 valence electrons. The number of carbonyl (C=O) groups excluding carboxylic acids is 3. The Kier molecular flexibility index (Phi) is 4.64. The molecule has 1 N–H and O–H groups in total. The average Bonchev–Trinajstić information content (AvgIpc) is 2.65. The monoisotopic (exact) mass is 382 g/mol. The summed E-state index contributed by atoms with van der Waals surface area (Å²) >= 11 is 0. The first-order chi connectivity index (χ1) is 13.3. The second-order valence-corrected chi connectivity index (χ2v) is 5.58. The minimum absolute atomic E-state index is 0.0190. The SMILES string of the molecule is O=C1NC(=O)N(c2ccc([N+](=O)[O-])cc2)C(=O)/C1=C/c1cccc([N+](=O)[O-])c1. The summed E-state index contributed by atoms with van der Waals surface area (Å²) in [6, 6.07) is 8.83. The van der Waals surface area contributed by atoms with E-state index in [-0.39, 0.29) is 22.6 Å². The Bertz CT molecular complexity index is 1060. The summed E-state index contributed by atoms with van der Waals surface area (Å²) in [5, 5.41) is 23.6. The van der Waals surface area contributed by atoms with Crippen molar-refractivity contribution in [3.05, 3.63) is 79.9 Å². The molecule has 0 aliphatic carbocycles. The van der Waals surface area contributed by atoms with Gasteiger partial charge in [0.15, 0.2) is 0 Å².